The molecule has 3 rings (SSSR count). The number of aromatic nitrogens is 1. The second-order valence-corrected chi connectivity index (χ2v) is 7.40. The first-order valence-corrected chi connectivity index (χ1v) is 9.73. The monoisotopic (exact) mass is 382 g/mol. The molecular weight excluding hydrogens is 352 g/mol. The Morgan fingerprint density at radius 3 is 2.50 bits per heavy atom. The van der Waals surface area contributed by atoms with Crippen molar-refractivity contribution >= 4 is 10.9 Å². The van der Waals surface area contributed by atoms with Crippen molar-refractivity contribution in [2.45, 2.75) is 33.0 Å². The summed E-state index contributed by atoms with van der Waals surface area (Å²) in [6.07, 6.45) is -0.453. The van der Waals surface area contributed by atoms with Gasteiger partial charge in [0.2, 0.25) is 0 Å². The minimum absolute atomic E-state index is 0.0120. The van der Waals surface area contributed by atoms with Crippen LogP contribution in [-0.2, 0) is 13.1 Å². The first kappa shape index (κ1) is 20.4. The third-order valence-corrected chi connectivity index (χ3v) is 5.20. The lowest BCUT2D eigenvalue weighted by Gasteiger charge is -2.22. The van der Waals surface area contributed by atoms with Gasteiger partial charge >= 0.3 is 0 Å². The summed E-state index contributed by atoms with van der Waals surface area (Å²) in [6, 6.07) is 16.2. The van der Waals surface area contributed by atoms with Crippen molar-refractivity contribution in [3.05, 3.63) is 65.4 Å². The molecule has 0 fully saturated rings. The topological polar surface area (TPSA) is 57.9 Å². The second kappa shape index (κ2) is 9.24. The van der Waals surface area contributed by atoms with Crippen LogP contribution >= 0.6 is 0 Å². The predicted octanol–water partition coefficient (Wildman–Crippen LogP) is 3.12. The van der Waals surface area contributed by atoms with Gasteiger partial charge in [-0.1, -0.05) is 30.3 Å². The van der Waals surface area contributed by atoms with E-state index in [9.17, 15) is 5.11 Å². The molecule has 1 unspecified atom stereocenters. The molecule has 0 aliphatic rings. The number of fused-ring (bicyclic) bond motifs is 1. The Labute approximate surface area is 166 Å². The van der Waals surface area contributed by atoms with Crippen LogP contribution in [0.3, 0.4) is 0 Å². The smallest absolute Gasteiger partial charge is 0.119 e. The number of aryl methyl sites for hydroxylation is 1. The van der Waals surface area contributed by atoms with Gasteiger partial charge in [-0.2, -0.15) is 0 Å². The Bertz CT molecular complexity index is 902. The molecule has 0 aliphatic carbocycles. The molecule has 0 saturated heterocycles. The minimum Gasteiger partial charge on any atom is -0.491 e. The van der Waals surface area contributed by atoms with Crippen molar-refractivity contribution in [2.75, 3.05) is 26.8 Å². The van der Waals surface area contributed by atoms with Crippen LogP contribution in [0.4, 0.5) is 0 Å². The Hall–Kier alpha value is -2.34. The fourth-order valence-electron chi connectivity index (χ4n) is 3.70. The van der Waals surface area contributed by atoms with Gasteiger partial charge in [0.25, 0.3) is 0 Å². The molecule has 5 heteroatoms. The van der Waals surface area contributed by atoms with E-state index in [1.807, 2.05) is 37.4 Å². The SMILES string of the molecule is Cc1c(C)n(CC(O)CN(C)Cc2ccc(OCCO)cc2)c2ccccc12. The van der Waals surface area contributed by atoms with Gasteiger partial charge in [-0.3, -0.25) is 4.90 Å². The Kier molecular flexibility index (Phi) is 6.73. The molecule has 0 aliphatic heterocycles. The summed E-state index contributed by atoms with van der Waals surface area (Å²) >= 11 is 0. The number of para-hydroxylation sites is 1. The largest absolute Gasteiger partial charge is 0.491 e. The van der Waals surface area contributed by atoms with Gasteiger partial charge in [0.1, 0.15) is 12.4 Å². The maximum Gasteiger partial charge on any atom is 0.119 e. The van der Waals surface area contributed by atoms with E-state index in [0.29, 0.717) is 19.7 Å². The second-order valence-electron chi connectivity index (χ2n) is 7.40. The molecule has 2 aromatic carbocycles. The summed E-state index contributed by atoms with van der Waals surface area (Å²) < 4.78 is 7.61. The molecule has 3 aromatic rings. The molecule has 0 radical (unpaired) electrons. The molecule has 28 heavy (non-hydrogen) atoms. The molecule has 2 N–H and O–H groups in total. The molecular formula is C23H30N2O3. The molecule has 0 spiro atoms. The molecule has 0 bridgehead atoms. The Morgan fingerprint density at radius 1 is 1.07 bits per heavy atom. The zero-order chi connectivity index (χ0) is 20.1. The van der Waals surface area contributed by atoms with Crippen LogP contribution in [-0.4, -0.2) is 52.6 Å². The van der Waals surface area contributed by atoms with Crippen LogP contribution in [0, 0.1) is 13.8 Å². The maximum absolute atomic E-state index is 10.7. The average Bonchev–Trinajstić information content (AvgIpc) is 2.92. The fourth-order valence-corrected chi connectivity index (χ4v) is 3.70. The number of ether oxygens (including phenoxy) is 1. The normalized spacial score (nSPS) is 12.6. The van der Waals surface area contributed by atoms with Crippen molar-refractivity contribution in [3.8, 4) is 5.75 Å². The quantitative estimate of drug-likeness (QED) is 0.597. The zero-order valence-electron chi connectivity index (χ0n) is 16.9. The van der Waals surface area contributed by atoms with Crippen LogP contribution in [0.2, 0.25) is 0 Å². The third kappa shape index (κ3) is 4.73. The molecule has 150 valence electrons. The average molecular weight is 383 g/mol. The highest BCUT2D eigenvalue weighted by Crippen LogP contribution is 2.25. The first-order valence-electron chi connectivity index (χ1n) is 9.73. The van der Waals surface area contributed by atoms with Crippen molar-refractivity contribution in [2.24, 2.45) is 0 Å². The summed E-state index contributed by atoms with van der Waals surface area (Å²) in [5, 5.41) is 20.7. The van der Waals surface area contributed by atoms with Crippen LogP contribution in [0.5, 0.6) is 5.75 Å². The minimum atomic E-state index is -0.453. The first-order chi connectivity index (χ1) is 13.5. The standard InChI is InChI=1S/C23H30N2O3/c1-17-18(2)25(23-7-5-4-6-22(17)23)16-20(27)15-24(3)14-19-8-10-21(11-9-19)28-13-12-26/h4-11,20,26-27H,12-16H2,1-3H3. The Balaban J connectivity index is 1.59. The van der Waals surface area contributed by atoms with E-state index in [1.165, 1.54) is 22.2 Å². The molecule has 0 saturated carbocycles. The van der Waals surface area contributed by atoms with Crippen LogP contribution in [0.15, 0.2) is 48.5 Å². The van der Waals surface area contributed by atoms with Gasteiger partial charge in [-0.05, 0) is 50.2 Å². The highest BCUT2D eigenvalue weighted by Gasteiger charge is 2.15. The van der Waals surface area contributed by atoms with E-state index < -0.39 is 6.10 Å². The van der Waals surface area contributed by atoms with Gasteiger partial charge in [-0.25, -0.2) is 0 Å². The lowest BCUT2D eigenvalue weighted by atomic mass is 10.2. The summed E-state index contributed by atoms with van der Waals surface area (Å²) in [5.41, 5.74) is 4.82. The van der Waals surface area contributed by atoms with Gasteiger partial charge in [-0.15, -0.1) is 0 Å². The van der Waals surface area contributed by atoms with Crippen molar-refractivity contribution in [3.63, 3.8) is 0 Å². The van der Waals surface area contributed by atoms with Gasteiger partial charge in [0.05, 0.1) is 19.3 Å². The van der Waals surface area contributed by atoms with Crippen molar-refractivity contribution in [1.29, 1.82) is 0 Å². The van der Waals surface area contributed by atoms with E-state index >= 15 is 0 Å². The zero-order valence-corrected chi connectivity index (χ0v) is 16.9. The van der Waals surface area contributed by atoms with Crippen molar-refractivity contribution < 1.29 is 14.9 Å². The molecule has 1 heterocycles. The number of likely N-dealkylation sites (N-methyl/N-ethyl adjacent to an activating group) is 1. The van der Waals surface area contributed by atoms with E-state index in [2.05, 4.69) is 41.5 Å². The van der Waals surface area contributed by atoms with Crippen LogP contribution in [0.25, 0.3) is 10.9 Å². The maximum atomic E-state index is 10.7. The number of aliphatic hydroxyl groups is 2. The highest BCUT2D eigenvalue weighted by molar-refractivity contribution is 5.85. The van der Waals surface area contributed by atoms with E-state index in [1.54, 1.807) is 0 Å². The van der Waals surface area contributed by atoms with Crippen LogP contribution in [0.1, 0.15) is 16.8 Å². The molecule has 0 amide bonds. The predicted molar refractivity (Wildman–Crippen MR) is 113 cm³/mol. The fraction of sp³-hybridized carbons (Fsp3) is 0.391. The number of nitrogens with zero attached hydrogens (tertiary/aromatic N) is 2. The van der Waals surface area contributed by atoms with Gasteiger partial charge in [0, 0.05) is 29.7 Å². The van der Waals surface area contributed by atoms with Crippen LogP contribution < -0.4 is 4.74 Å². The summed E-state index contributed by atoms with van der Waals surface area (Å²) in [7, 11) is 2.02. The molecule has 1 aromatic heterocycles. The lowest BCUT2D eigenvalue weighted by molar-refractivity contribution is 0.108. The highest BCUT2D eigenvalue weighted by atomic mass is 16.5. The lowest BCUT2D eigenvalue weighted by Crippen LogP contribution is -2.32. The van der Waals surface area contributed by atoms with E-state index in [-0.39, 0.29) is 6.61 Å². The number of hydrogen-bond acceptors (Lipinski definition) is 4. The summed E-state index contributed by atoms with van der Waals surface area (Å²) in [6.45, 7) is 6.50. The van der Waals surface area contributed by atoms with Crippen molar-refractivity contribution in [1.82, 2.24) is 9.47 Å². The van der Waals surface area contributed by atoms with Gasteiger partial charge < -0.3 is 19.5 Å². The van der Waals surface area contributed by atoms with Gasteiger partial charge in [0.15, 0.2) is 0 Å². The molecule has 1 atom stereocenters. The summed E-state index contributed by atoms with van der Waals surface area (Å²) in [5.74, 6) is 0.755. The Morgan fingerprint density at radius 2 is 1.79 bits per heavy atom. The summed E-state index contributed by atoms with van der Waals surface area (Å²) in [4.78, 5) is 2.13. The third-order valence-electron chi connectivity index (χ3n) is 5.20. The number of hydrogen-bond donors (Lipinski definition) is 2. The van der Waals surface area contributed by atoms with E-state index in [0.717, 1.165) is 17.9 Å². The molecule has 5 nitrogen and oxygen atoms in total. The number of rotatable bonds is 9. The number of aliphatic hydroxyl groups excluding tert-OH is 2. The number of benzene rings is 2. The van der Waals surface area contributed by atoms with E-state index in [4.69, 9.17) is 9.84 Å².